The van der Waals surface area contributed by atoms with Crippen molar-refractivity contribution in [2.75, 3.05) is 0 Å². The number of amides is 2. The molecule has 0 aromatic carbocycles. The van der Waals surface area contributed by atoms with Crippen molar-refractivity contribution < 1.29 is 19.2 Å². The Hall–Kier alpha value is -2.55. The largest absolute Gasteiger partial charge is 0.307 e. The summed E-state index contributed by atoms with van der Waals surface area (Å²) in [6, 6.07) is 0. The highest BCUT2D eigenvalue weighted by Gasteiger charge is 2.69. The minimum absolute atomic E-state index is 0.00953. The number of nitrogens with zero attached hydrogens (tertiary/aromatic N) is 2. The molecule has 0 N–H and O–H groups in total. The Kier molecular flexibility index (Phi) is 5.55. The second-order valence-electron chi connectivity index (χ2n) is 15.8. The summed E-state index contributed by atoms with van der Waals surface area (Å²) < 4.78 is 0. The van der Waals surface area contributed by atoms with Crippen LogP contribution < -0.4 is 0 Å². The highest BCUT2D eigenvalue weighted by Crippen LogP contribution is 2.74. The second-order valence-corrected chi connectivity index (χ2v) is 15.8. The number of fused-ring (bicyclic) bond motifs is 7. The molecule has 5 aliphatic carbocycles. The molecule has 6 rings (SSSR count). The molecule has 2 amide bonds. The van der Waals surface area contributed by atoms with E-state index >= 15 is 0 Å². The van der Waals surface area contributed by atoms with Crippen LogP contribution in [-0.4, -0.2) is 33.8 Å². The van der Waals surface area contributed by atoms with Gasteiger partial charge in [0.05, 0.1) is 6.57 Å². The quantitative estimate of drug-likeness (QED) is 0.280. The maximum absolute atomic E-state index is 14.5. The van der Waals surface area contributed by atoms with Gasteiger partial charge in [-0.05, 0) is 86.0 Å². The zero-order valence-electron chi connectivity index (χ0n) is 25.3. The number of hydrogen-bond acceptors (Lipinski definition) is 4. The van der Waals surface area contributed by atoms with E-state index in [0.29, 0.717) is 19.3 Å². The van der Waals surface area contributed by atoms with Crippen LogP contribution in [0.15, 0.2) is 23.4 Å². The molecule has 8 atom stereocenters. The SMILES string of the molecule is [C-]#[N+]C1=C[C@]2(C)C3=CC(=O)[C@@H]4[C@@H]5C[C@@](C)(N6C(=O)CCC6=O)CC[C@]5(C)CC[C@@]4(C)[C@]3(C)CC[C@H]2C(C)(C)C1=O. The van der Waals surface area contributed by atoms with Crippen LogP contribution in [-0.2, 0) is 19.2 Å². The van der Waals surface area contributed by atoms with Gasteiger partial charge in [0.2, 0.25) is 17.5 Å². The molecule has 1 heterocycles. The number of carbonyl (C=O) groups is 4. The molecule has 6 aliphatic rings. The van der Waals surface area contributed by atoms with Crippen LogP contribution in [0.2, 0.25) is 0 Å². The fourth-order valence-corrected chi connectivity index (χ4v) is 11.1. The number of rotatable bonds is 1. The van der Waals surface area contributed by atoms with E-state index in [0.717, 1.165) is 44.1 Å². The van der Waals surface area contributed by atoms with E-state index in [4.69, 9.17) is 6.57 Å². The normalized spacial score (nSPS) is 47.9. The monoisotopic (exact) mass is 544 g/mol. The number of ketones is 2. The van der Waals surface area contributed by atoms with Gasteiger partial charge in [-0.15, -0.1) is 0 Å². The molecular formula is C34H44N2O4. The van der Waals surface area contributed by atoms with Gasteiger partial charge in [-0.2, -0.15) is 0 Å². The Balaban J connectivity index is 1.47. The summed E-state index contributed by atoms with van der Waals surface area (Å²) in [5, 5.41) is 0. The highest BCUT2D eigenvalue weighted by atomic mass is 16.2. The summed E-state index contributed by atoms with van der Waals surface area (Å²) >= 11 is 0. The maximum atomic E-state index is 14.5. The number of Topliss-reactive ketones (excluding diaryl/α,β-unsaturated/α-hetero) is 1. The van der Waals surface area contributed by atoms with Gasteiger partial charge in [-0.25, -0.2) is 4.85 Å². The first-order chi connectivity index (χ1) is 18.5. The van der Waals surface area contributed by atoms with Crippen molar-refractivity contribution in [1.29, 1.82) is 0 Å². The van der Waals surface area contributed by atoms with Crippen LogP contribution in [0.4, 0.5) is 0 Å². The summed E-state index contributed by atoms with van der Waals surface area (Å²) in [5.41, 5.74) is -1.01. The molecule has 1 aliphatic heterocycles. The van der Waals surface area contributed by atoms with E-state index in [-0.39, 0.29) is 63.1 Å². The molecule has 0 spiro atoms. The van der Waals surface area contributed by atoms with Gasteiger partial charge in [0, 0.05) is 35.1 Å². The molecule has 0 bridgehead atoms. The van der Waals surface area contributed by atoms with Crippen LogP contribution in [0, 0.1) is 51.4 Å². The molecule has 1 saturated heterocycles. The van der Waals surface area contributed by atoms with Gasteiger partial charge in [0.1, 0.15) is 0 Å². The fraction of sp³-hybridized carbons (Fsp3) is 0.735. The molecule has 3 saturated carbocycles. The lowest BCUT2D eigenvalue weighted by molar-refractivity contribution is -0.174. The van der Waals surface area contributed by atoms with Crippen molar-refractivity contribution in [3.05, 3.63) is 34.8 Å². The van der Waals surface area contributed by atoms with Gasteiger partial charge in [-0.3, -0.25) is 19.3 Å². The van der Waals surface area contributed by atoms with E-state index in [1.165, 1.54) is 0 Å². The molecule has 0 radical (unpaired) electrons. The van der Waals surface area contributed by atoms with E-state index in [2.05, 4.69) is 39.5 Å². The third-order valence-electron chi connectivity index (χ3n) is 13.6. The zero-order chi connectivity index (χ0) is 29.3. The number of carbonyl (C=O) groups excluding carboxylic acids is 4. The van der Waals surface area contributed by atoms with E-state index < -0.39 is 16.4 Å². The number of imide groups is 1. The third-order valence-corrected chi connectivity index (χ3v) is 13.6. The average Bonchev–Trinajstić information content (AvgIpc) is 3.22. The summed E-state index contributed by atoms with van der Waals surface area (Å²) in [6.45, 7) is 22.9. The minimum atomic E-state index is -0.669. The first-order valence-electron chi connectivity index (χ1n) is 15.3. The molecular weight excluding hydrogens is 500 g/mol. The molecule has 0 aromatic rings. The summed E-state index contributed by atoms with van der Waals surface area (Å²) in [5.74, 6) is -0.134. The molecule has 4 fully saturated rings. The van der Waals surface area contributed by atoms with Crippen LogP contribution >= 0.6 is 0 Å². The van der Waals surface area contributed by atoms with Crippen molar-refractivity contribution in [3.8, 4) is 0 Å². The zero-order valence-corrected chi connectivity index (χ0v) is 25.3. The third kappa shape index (κ3) is 3.16. The Morgan fingerprint density at radius 3 is 2.12 bits per heavy atom. The average molecular weight is 545 g/mol. The van der Waals surface area contributed by atoms with Gasteiger partial charge >= 0.3 is 0 Å². The predicted octanol–water partition coefficient (Wildman–Crippen LogP) is 6.46. The first kappa shape index (κ1) is 27.6. The molecule has 6 heteroatoms. The Bertz CT molecular complexity index is 1350. The Morgan fingerprint density at radius 2 is 1.50 bits per heavy atom. The van der Waals surface area contributed by atoms with Gasteiger partial charge in [0.15, 0.2) is 11.6 Å². The predicted molar refractivity (Wildman–Crippen MR) is 151 cm³/mol. The van der Waals surface area contributed by atoms with Gasteiger partial charge < -0.3 is 4.79 Å². The van der Waals surface area contributed by atoms with Crippen molar-refractivity contribution in [2.45, 2.75) is 112 Å². The van der Waals surface area contributed by atoms with Crippen molar-refractivity contribution in [2.24, 2.45) is 44.8 Å². The van der Waals surface area contributed by atoms with Crippen LogP contribution in [0.5, 0.6) is 0 Å². The second kappa shape index (κ2) is 8.05. The standard InChI is InChI=1S/C34H44N2O4/c1-29(2)23-11-12-33(6)24(32(23,5)19-21(35-8)28(29)40)17-22(37)27-20-18-31(4,36-25(38)9-10-26(36)39)15-13-30(20,3)14-16-34(27,33)7/h17,19-20,23,27H,9-16,18H2,1-7H3/t20-,23-,27-,30+,31-,32-,33+,34+/m0/s1. The topological polar surface area (TPSA) is 75.9 Å². The lowest BCUT2D eigenvalue weighted by Gasteiger charge is -2.69. The highest BCUT2D eigenvalue weighted by molar-refractivity contribution is 6.03. The molecule has 214 valence electrons. The number of hydrogen-bond donors (Lipinski definition) is 0. The first-order valence-corrected chi connectivity index (χ1v) is 15.3. The number of likely N-dealkylation sites (tertiary alicyclic amines) is 1. The molecule has 0 unspecified atom stereocenters. The summed E-state index contributed by atoms with van der Waals surface area (Å²) in [6.07, 6.45) is 10.5. The van der Waals surface area contributed by atoms with E-state index in [1.54, 1.807) is 4.90 Å². The van der Waals surface area contributed by atoms with Crippen LogP contribution in [0.1, 0.15) is 106 Å². The Morgan fingerprint density at radius 1 is 0.875 bits per heavy atom. The van der Waals surface area contributed by atoms with Crippen LogP contribution in [0.3, 0.4) is 0 Å². The van der Waals surface area contributed by atoms with Gasteiger partial charge in [-0.1, -0.05) is 53.2 Å². The van der Waals surface area contributed by atoms with Crippen molar-refractivity contribution in [3.63, 3.8) is 0 Å². The fourth-order valence-electron chi connectivity index (χ4n) is 11.1. The van der Waals surface area contributed by atoms with Gasteiger partial charge in [0.25, 0.3) is 0 Å². The van der Waals surface area contributed by atoms with E-state index in [1.807, 2.05) is 26.0 Å². The van der Waals surface area contributed by atoms with Crippen molar-refractivity contribution >= 4 is 23.4 Å². The maximum Gasteiger partial charge on any atom is 0.230 e. The molecule has 40 heavy (non-hydrogen) atoms. The van der Waals surface area contributed by atoms with Crippen molar-refractivity contribution in [1.82, 2.24) is 4.90 Å². The smallest absolute Gasteiger partial charge is 0.230 e. The number of allylic oxidation sites excluding steroid dienone is 4. The van der Waals surface area contributed by atoms with Crippen LogP contribution in [0.25, 0.3) is 4.85 Å². The minimum Gasteiger partial charge on any atom is -0.307 e. The molecule has 6 nitrogen and oxygen atoms in total. The Labute approximate surface area is 238 Å². The van der Waals surface area contributed by atoms with E-state index in [9.17, 15) is 19.2 Å². The molecule has 0 aromatic heterocycles. The summed E-state index contributed by atoms with van der Waals surface area (Å²) in [4.78, 5) is 58.7. The lowest BCUT2D eigenvalue weighted by atomic mass is 9.34. The lowest BCUT2D eigenvalue weighted by Crippen LogP contribution is -2.66. The summed E-state index contributed by atoms with van der Waals surface area (Å²) in [7, 11) is 0.